The molecule has 2 N–H and O–H groups in total. The van der Waals surface area contributed by atoms with Crippen molar-refractivity contribution in [3.63, 3.8) is 0 Å². The van der Waals surface area contributed by atoms with Crippen molar-refractivity contribution >= 4 is 28.1 Å². The van der Waals surface area contributed by atoms with Crippen LogP contribution in [-0.2, 0) is 10.0 Å². The van der Waals surface area contributed by atoms with Crippen molar-refractivity contribution in [3.8, 4) is 5.75 Å². The average Bonchev–Trinajstić information content (AvgIpc) is 2.87. The summed E-state index contributed by atoms with van der Waals surface area (Å²) in [4.78, 5) is 10.1. The summed E-state index contributed by atoms with van der Waals surface area (Å²) in [5.41, 5.74) is -0.497. The van der Waals surface area contributed by atoms with Crippen molar-refractivity contribution in [1.29, 1.82) is 0 Å². The first-order valence-corrected chi connectivity index (χ1v) is 9.98. The highest BCUT2D eigenvalue weighted by Crippen LogP contribution is 2.28. The molecule has 0 unspecified atom stereocenters. The van der Waals surface area contributed by atoms with E-state index in [0.717, 1.165) is 18.9 Å². The molecule has 148 valence electrons. The third-order valence-corrected chi connectivity index (χ3v) is 5.87. The van der Waals surface area contributed by atoms with Crippen molar-refractivity contribution in [2.45, 2.75) is 49.5 Å². The lowest BCUT2D eigenvalue weighted by molar-refractivity contribution is -0.387. The number of benzene rings is 1. The molecule has 1 aromatic rings. The maximum atomic E-state index is 12.4. The van der Waals surface area contributed by atoms with Crippen LogP contribution in [0.15, 0.2) is 23.1 Å². The Morgan fingerprint density at radius 3 is 2.42 bits per heavy atom. The molecular weight excluding hydrogens is 382 g/mol. The summed E-state index contributed by atoms with van der Waals surface area (Å²) in [6.07, 6.45) is 7.12. The molecule has 0 atom stereocenters. The van der Waals surface area contributed by atoms with Gasteiger partial charge in [0.05, 0.1) is 18.1 Å². The van der Waals surface area contributed by atoms with Crippen LogP contribution in [0.5, 0.6) is 5.75 Å². The molecule has 8 nitrogen and oxygen atoms in total. The van der Waals surface area contributed by atoms with Gasteiger partial charge in [-0.25, -0.2) is 13.1 Å². The highest BCUT2D eigenvalue weighted by atomic mass is 35.5. The standard InChI is InChI=1S/C16H25N3O5S.ClH/c1-24-14-8-9-16(15(12-14)19(20)21)25(22,23)18-11-10-17-13-6-4-2-3-5-7-13;/h8-9,12-13,17-18H,2-7,10-11H2,1H3;1H. The van der Waals surface area contributed by atoms with Gasteiger partial charge in [-0.3, -0.25) is 10.1 Å². The number of sulfonamides is 1. The van der Waals surface area contributed by atoms with Gasteiger partial charge in [0, 0.05) is 19.1 Å². The second-order valence-electron chi connectivity index (χ2n) is 6.13. The van der Waals surface area contributed by atoms with Crippen LogP contribution < -0.4 is 14.8 Å². The predicted molar refractivity (Wildman–Crippen MR) is 102 cm³/mol. The Balaban J connectivity index is 0.00000338. The number of halogens is 1. The highest BCUT2D eigenvalue weighted by Gasteiger charge is 2.26. The molecule has 10 heteroatoms. The molecular formula is C16H26ClN3O5S. The molecule has 1 aromatic carbocycles. The predicted octanol–water partition coefficient (Wildman–Crippen LogP) is 2.62. The van der Waals surface area contributed by atoms with Crippen LogP contribution in [0.4, 0.5) is 5.69 Å². The van der Waals surface area contributed by atoms with Crippen LogP contribution in [0, 0.1) is 10.1 Å². The van der Waals surface area contributed by atoms with Gasteiger partial charge < -0.3 is 10.1 Å². The van der Waals surface area contributed by atoms with E-state index in [1.807, 2.05) is 0 Å². The van der Waals surface area contributed by atoms with E-state index in [1.54, 1.807) is 0 Å². The zero-order chi connectivity index (χ0) is 18.3. The fourth-order valence-electron chi connectivity index (χ4n) is 3.02. The highest BCUT2D eigenvalue weighted by molar-refractivity contribution is 7.89. The normalized spacial score (nSPS) is 15.7. The number of rotatable bonds is 8. The van der Waals surface area contributed by atoms with E-state index in [-0.39, 0.29) is 29.6 Å². The summed E-state index contributed by atoms with van der Waals surface area (Å²) >= 11 is 0. The smallest absolute Gasteiger partial charge is 0.293 e. The minimum Gasteiger partial charge on any atom is -0.497 e. The van der Waals surface area contributed by atoms with Crippen molar-refractivity contribution in [3.05, 3.63) is 28.3 Å². The van der Waals surface area contributed by atoms with Gasteiger partial charge in [0.1, 0.15) is 5.75 Å². The van der Waals surface area contributed by atoms with Gasteiger partial charge in [0.2, 0.25) is 10.0 Å². The van der Waals surface area contributed by atoms with Crippen molar-refractivity contribution in [2.24, 2.45) is 0 Å². The summed E-state index contributed by atoms with van der Waals surface area (Å²) in [5.74, 6) is 0.237. The van der Waals surface area contributed by atoms with E-state index >= 15 is 0 Å². The first-order chi connectivity index (χ1) is 11.9. The molecule has 0 bridgehead atoms. The molecule has 1 aliphatic carbocycles. The largest absolute Gasteiger partial charge is 0.497 e. The summed E-state index contributed by atoms with van der Waals surface area (Å²) in [7, 11) is -2.59. The molecule has 0 amide bonds. The second kappa shape index (κ2) is 10.7. The van der Waals surface area contributed by atoms with E-state index < -0.39 is 20.6 Å². The van der Waals surface area contributed by atoms with Crippen LogP contribution in [0.25, 0.3) is 0 Å². The zero-order valence-electron chi connectivity index (χ0n) is 14.8. The monoisotopic (exact) mass is 407 g/mol. The first kappa shape index (κ1) is 22.6. The van der Waals surface area contributed by atoms with Gasteiger partial charge in [-0.15, -0.1) is 12.4 Å². The number of ether oxygens (including phenoxy) is 1. The minimum absolute atomic E-state index is 0. The molecule has 0 radical (unpaired) electrons. The molecule has 0 aliphatic heterocycles. The molecule has 1 aliphatic rings. The van der Waals surface area contributed by atoms with E-state index in [0.29, 0.717) is 12.6 Å². The fraction of sp³-hybridized carbons (Fsp3) is 0.625. The van der Waals surface area contributed by atoms with Gasteiger partial charge in [0.15, 0.2) is 4.90 Å². The van der Waals surface area contributed by atoms with Gasteiger partial charge in [-0.1, -0.05) is 25.7 Å². The van der Waals surface area contributed by atoms with E-state index in [4.69, 9.17) is 4.74 Å². The third-order valence-electron chi connectivity index (χ3n) is 4.36. The number of nitro benzene ring substituents is 1. The van der Waals surface area contributed by atoms with Gasteiger partial charge in [0.25, 0.3) is 5.69 Å². The van der Waals surface area contributed by atoms with Crippen LogP contribution in [0.2, 0.25) is 0 Å². The number of methoxy groups -OCH3 is 1. The lowest BCUT2D eigenvalue weighted by Gasteiger charge is -2.16. The Morgan fingerprint density at radius 1 is 1.19 bits per heavy atom. The summed E-state index contributed by atoms with van der Waals surface area (Å²) in [5, 5.41) is 14.5. The Bertz CT molecular complexity index is 691. The van der Waals surface area contributed by atoms with Crippen molar-refractivity contribution in [2.75, 3.05) is 20.2 Å². The first-order valence-electron chi connectivity index (χ1n) is 8.49. The Kier molecular flexibility index (Phi) is 9.28. The summed E-state index contributed by atoms with van der Waals surface area (Å²) < 4.78 is 32.1. The van der Waals surface area contributed by atoms with Crippen molar-refractivity contribution < 1.29 is 18.1 Å². The average molecular weight is 408 g/mol. The van der Waals surface area contributed by atoms with Gasteiger partial charge in [-0.2, -0.15) is 0 Å². The maximum Gasteiger partial charge on any atom is 0.293 e. The molecule has 0 spiro atoms. The van der Waals surface area contributed by atoms with Crippen molar-refractivity contribution in [1.82, 2.24) is 10.0 Å². The number of hydrogen-bond acceptors (Lipinski definition) is 6. The lowest BCUT2D eigenvalue weighted by Crippen LogP contribution is -2.37. The Labute approximate surface area is 160 Å². The number of nitrogens with zero attached hydrogens (tertiary/aromatic N) is 1. The van der Waals surface area contributed by atoms with E-state index in [1.165, 1.54) is 44.9 Å². The van der Waals surface area contributed by atoms with Gasteiger partial charge in [-0.05, 0) is 25.0 Å². The Hall–Kier alpha value is -1.42. The van der Waals surface area contributed by atoms with E-state index in [9.17, 15) is 18.5 Å². The number of hydrogen-bond donors (Lipinski definition) is 2. The van der Waals surface area contributed by atoms with E-state index in [2.05, 4.69) is 10.0 Å². The third kappa shape index (κ3) is 6.39. The molecule has 0 aromatic heterocycles. The molecule has 2 rings (SSSR count). The van der Waals surface area contributed by atoms with Crippen LogP contribution in [0.1, 0.15) is 38.5 Å². The zero-order valence-corrected chi connectivity index (χ0v) is 16.4. The molecule has 0 saturated heterocycles. The van der Waals surface area contributed by atoms with Crippen LogP contribution >= 0.6 is 12.4 Å². The van der Waals surface area contributed by atoms with Crippen LogP contribution in [-0.4, -0.2) is 39.6 Å². The summed E-state index contributed by atoms with van der Waals surface area (Å²) in [6, 6.07) is 4.11. The molecule has 26 heavy (non-hydrogen) atoms. The fourth-order valence-corrected chi connectivity index (χ4v) is 4.20. The number of nitrogens with one attached hydrogen (secondary N) is 2. The lowest BCUT2D eigenvalue weighted by atomic mass is 10.1. The number of nitro groups is 1. The maximum absolute atomic E-state index is 12.4. The molecule has 1 fully saturated rings. The summed E-state index contributed by atoms with van der Waals surface area (Å²) in [6.45, 7) is 0.676. The van der Waals surface area contributed by atoms with Crippen LogP contribution in [0.3, 0.4) is 0 Å². The topological polar surface area (TPSA) is 111 Å². The minimum atomic E-state index is -3.96. The second-order valence-corrected chi connectivity index (χ2v) is 7.87. The molecule has 0 heterocycles. The molecule has 1 saturated carbocycles. The SMILES string of the molecule is COc1ccc(S(=O)(=O)NCCNC2CCCCCC2)c([N+](=O)[O-])c1.Cl. The van der Waals surface area contributed by atoms with Gasteiger partial charge >= 0.3 is 0 Å². The Morgan fingerprint density at radius 2 is 1.85 bits per heavy atom. The quantitative estimate of drug-likeness (QED) is 0.296.